The van der Waals surface area contributed by atoms with Gasteiger partial charge in [-0.15, -0.1) is 15.7 Å². The molecule has 7 nitrogen and oxygen atoms in total. The first-order valence-electron chi connectivity index (χ1n) is 7.17. The molecule has 0 aromatic carbocycles. The molecule has 10 heteroatoms. The lowest BCUT2D eigenvalue weighted by atomic mass is 10.1. The van der Waals surface area contributed by atoms with E-state index in [-0.39, 0.29) is 14.5 Å². The van der Waals surface area contributed by atoms with Gasteiger partial charge in [-0.1, -0.05) is 6.92 Å². The Hall–Kier alpha value is -0.970. The number of sulfone groups is 1. The number of nitrogens with zero attached hydrogens (tertiary/aromatic N) is 2. The van der Waals surface area contributed by atoms with E-state index < -0.39 is 25.1 Å². The van der Waals surface area contributed by atoms with E-state index in [2.05, 4.69) is 9.71 Å². The summed E-state index contributed by atoms with van der Waals surface area (Å²) in [6.45, 7) is 4.26. The highest BCUT2D eigenvalue weighted by Gasteiger charge is 2.39. The molecule has 0 saturated heterocycles. The molecule has 1 unspecified atom stereocenters. The molecule has 0 spiro atoms. The van der Waals surface area contributed by atoms with Gasteiger partial charge in [0.15, 0.2) is 9.84 Å². The van der Waals surface area contributed by atoms with Crippen molar-refractivity contribution in [2.24, 2.45) is 4.40 Å². The van der Waals surface area contributed by atoms with Crippen molar-refractivity contribution in [2.45, 2.75) is 40.0 Å². The smallest absolute Gasteiger partial charge is 0.293 e. The topological polar surface area (TPSA) is 95.9 Å². The number of rotatable bonds is 5. The lowest BCUT2D eigenvalue weighted by molar-refractivity contribution is 0.477. The van der Waals surface area contributed by atoms with E-state index in [1.165, 1.54) is 17.3 Å². The largest absolute Gasteiger partial charge is 0.368 e. The minimum absolute atomic E-state index is 0.0406. The quantitative estimate of drug-likeness (QED) is 0.611. The molecular formula is C13H21N3O4S3. The van der Waals surface area contributed by atoms with E-state index in [0.717, 1.165) is 11.3 Å². The number of hydrogen-bond acceptors (Lipinski definition) is 6. The maximum Gasteiger partial charge on any atom is 0.293 e. The Kier molecular flexibility index (Phi) is 5.19. The van der Waals surface area contributed by atoms with Crippen molar-refractivity contribution in [3.8, 4) is 0 Å². The SMILES string of the molecule is CCN[C@H]1CC(C)S(=O)(=O)c2sc(S(=O)(=O)/N=C/N(C)C)cc21. The van der Waals surface area contributed by atoms with Crippen molar-refractivity contribution in [3.05, 3.63) is 11.6 Å². The summed E-state index contributed by atoms with van der Waals surface area (Å²) < 4.78 is 53.2. The Bertz CT molecular complexity index is 810. The molecule has 2 rings (SSSR count). The minimum Gasteiger partial charge on any atom is -0.368 e. The average molecular weight is 380 g/mol. The van der Waals surface area contributed by atoms with Crippen LogP contribution in [0.1, 0.15) is 31.9 Å². The zero-order chi connectivity index (χ0) is 17.4. The van der Waals surface area contributed by atoms with Gasteiger partial charge in [-0.2, -0.15) is 8.42 Å². The maximum atomic E-state index is 12.5. The van der Waals surface area contributed by atoms with Gasteiger partial charge in [0, 0.05) is 25.7 Å². The van der Waals surface area contributed by atoms with Crippen molar-refractivity contribution in [1.82, 2.24) is 10.2 Å². The predicted molar refractivity (Wildman–Crippen MR) is 91.4 cm³/mol. The van der Waals surface area contributed by atoms with Crippen LogP contribution in [0.4, 0.5) is 0 Å². The van der Waals surface area contributed by atoms with E-state index >= 15 is 0 Å². The van der Waals surface area contributed by atoms with Crippen LogP contribution in [0.2, 0.25) is 0 Å². The fraction of sp³-hybridized carbons (Fsp3) is 0.615. The van der Waals surface area contributed by atoms with Crippen LogP contribution in [0.5, 0.6) is 0 Å². The number of hydrogen-bond donors (Lipinski definition) is 1. The monoisotopic (exact) mass is 379 g/mol. The molecule has 23 heavy (non-hydrogen) atoms. The second-order valence-electron chi connectivity index (χ2n) is 5.67. The molecule has 2 atom stereocenters. The molecule has 0 amide bonds. The Balaban J connectivity index is 2.55. The van der Waals surface area contributed by atoms with Crippen LogP contribution >= 0.6 is 11.3 Å². The molecule has 1 aliphatic heterocycles. The van der Waals surface area contributed by atoms with Crippen molar-refractivity contribution < 1.29 is 16.8 Å². The van der Waals surface area contributed by atoms with Crippen molar-refractivity contribution in [2.75, 3.05) is 20.6 Å². The summed E-state index contributed by atoms with van der Waals surface area (Å²) >= 11 is 0.786. The molecule has 1 aliphatic rings. The third-order valence-corrected chi connectivity index (χ3v) is 9.13. The lowest BCUT2D eigenvalue weighted by Crippen LogP contribution is -2.33. The second kappa shape index (κ2) is 6.50. The molecule has 0 fully saturated rings. The number of sulfonamides is 1. The Morgan fingerprint density at radius 1 is 1.48 bits per heavy atom. The number of nitrogens with one attached hydrogen (secondary N) is 1. The Labute approximate surface area is 141 Å². The molecule has 0 bridgehead atoms. The van der Waals surface area contributed by atoms with E-state index in [4.69, 9.17) is 0 Å². The molecule has 2 heterocycles. The lowest BCUT2D eigenvalue weighted by Gasteiger charge is -2.27. The first kappa shape index (κ1) is 18.4. The summed E-state index contributed by atoms with van der Waals surface area (Å²) in [5.74, 6) is 0. The van der Waals surface area contributed by atoms with Crippen molar-refractivity contribution >= 4 is 37.5 Å². The predicted octanol–water partition coefficient (Wildman–Crippen LogP) is 1.24. The second-order valence-corrected chi connectivity index (χ2v) is 11.1. The first-order valence-corrected chi connectivity index (χ1v) is 11.0. The highest BCUT2D eigenvalue weighted by molar-refractivity contribution is 7.96. The number of fused-ring (bicyclic) bond motifs is 1. The molecule has 1 aromatic rings. The van der Waals surface area contributed by atoms with Crippen LogP contribution in [0.15, 0.2) is 18.9 Å². The van der Waals surface area contributed by atoms with Gasteiger partial charge in [-0.25, -0.2) is 8.42 Å². The van der Waals surface area contributed by atoms with Crippen molar-refractivity contribution in [1.29, 1.82) is 0 Å². The van der Waals surface area contributed by atoms with E-state index in [0.29, 0.717) is 18.5 Å². The number of thiophene rings is 1. The standard InChI is InChI=1S/C13H21N3O4S3/c1-5-14-11-6-9(2)22(17,18)13-10(11)7-12(21-13)23(19,20)15-8-16(3)4/h7-9,11,14H,5-6H2,1-4H3/b15-8+/t9?,11-/m0/s1. The normalized spacial score (nSPS) is 23.8. The summed E-state index contributed by atoms with van der Waals surface area (Å²) in [5, 5.41) is 2.68. The average Bonchev–Trinajstić information content (AvgIpc) is 2.90. The highest BCUT2D eigenvalue weighted by Crippen LogP contribution is 2.43. The third kappa shape index (κ3) is 3.59. The van der Waals surface area contributed by atoms with Crippen LogP contribution in [0, 0.1) is 0 Å². The van der Waals surface area contributed by atoms with Crippen LogP contribution < -0.4 is 5.32 Å². The van der Waals surface area contributed by atoms with Crippen LogP contribution in [-0.2, 0) is 19.9 Å². The third-order valence-electron chi connectivity index (χ3n) is 3.56. The summed E-state index contributed by atoms with van der Waals surface area (Å²) in [6, 6.07) is 1.28. The molecular weight excluding hydrogens is 358 g/mol. The van der Waals surface area contributed by atoms with E-state index in [9.17, 15) is 16.8 Å². The van der Waals surface area contributed by atoms with Gasteiger partial charge in [0.1, 0.15) is 14.8 Å². The molecule has 1 N–H and O–H groups in total. The van der Waals surface area contributed by atoms with Gasteiger partial charge < -0.3 is 10.2 Å². The van der Waals surface area contributed by atoms with Gasteiger partial charge in [-0.3, -0.25) is 0 Å². The van der Waals surface area contributed by atoms with Gasteiger partial charge in [0.2, 0.25) is 0 Å². The van der Waals surface area contributed by atoms with Gasteiger partial charge in [0.05, 0.1) is 5.25 Å². The summed E-state index contributed by atoms with van der Waals surface area (Å²) in [5.41, 5.74) is 0.536. The summed E-state index contributed by atoms with van der Waals surface area (Å²) in [4.78, 5) is 1.51. The molecule has 0 aliphatic carbocycles. The Morgan fingerprint density at radius 3 is 2.70 bits per heavy atom. The minimum atomic E-state index is -3.90. The summed E-state index contributed by atoms with van der Waals surface area (Å²) in [7, 11) is -4.08. The zero-order valence-corrected chi connectivity index (χ0v) is 15.9. The molecule has 130 valence electrons. The zero-order valence-electron chi connectivity index (χ0n) is 13.5. The van der Waals surface area contributed by atoms with E-state index in [1.54, 1.807) is 21.0 Å². The fourth-order valence-electron chi connectivity index (χ4n) is 2.37. The fourth-order valence-corrected chi connectivity index (χ4v) is 7.28. The highest BCUT2D eigenvalue weighted by atomic mass is 32.3. The first-order chi connectivity index (χ1) is 10.6. The van der Waals surface area contributed by atoms with Gasteiger partial charge in [0.25, 0.3) is 10.0 Å². The van der Waals surface area contributed by atoms with Gasteiger partial charge in [-0.05, 0) is 26.0 Å². The molecule has 1 aromatic heterocycles. The van der Waals surface area contributed by atoms with Crippen molar-refractivity contribution in [3.63, 3.8) is 0 Å². The van der Waals surface area contributed by atoms with Crippen LogP contribution in [0.3, 0.4) is 0 Å². The van der Waals surface area contributed by atoms with E-state index in [1.807, 2.05) is 6.92 Å². The van der Waals surface area contributed by atoms with Crippen LogP contribution in [0.25, 0.3) is 0 Å². The molecule has 0 radical (unpaired) electrons. The maximum absolute atomic E-state index is 12.5. The Morgan fingerprint density at radius 2 is 2.13 bits per heavy atom. The van der Waals surface area contributed by atoms with Crippen LogP contribution in [-0.4, -0.2) is 54.0 Å². The molecule has 0 saturated carbocycles. The summed E-state index contributed by atoms with van der Waals surface area (Å²) in [6.07, 6.45) is 1.62. The van der Waals surface area contributed by atoms with Gasteiger partial charge >= 0.3 is 0 Å².